The first kappa shape index (κ1) is 58.4. The van der Waals surface area contributed by atoms with Gasteiger partial charge in [0.1, 0.15) is 13.2 Å². The summed E-state index contributed by atoms with van der Waals surface area (Å²) in [6, 6.07) is 20.7. The summed E-state index contributed by atoms with van der Waals surface area (Å²) in [4.78, 5) is 26.5. The summed E-state index contributed by atoms with van der Waals surface area (Å²) in [5.41, 5.74) is 5.82. The molecule has 0 bridgehead atoms. The van der Waals surface area contributed by atoms with Crippen LogP contribution in [0.25, 0.3) is 0 Å². The van der Waals surface area contributed by atoms with Gasteiger partial charge >= 0.3 is 0 Å². The van der Waals surface area contributed by atoms with Crippen LogP contribution < -0.4 is 25.4 Å². The molecule has 1 aliphatic heterocycles. The van der Waals surface area contributed by atoms with Crippen LogP contribution in [-0.2, 0) is 66.4 Å². The second-order valence-electron chi connectivity index (χ2n) is 16.5. The van der Waals surface area contributed by atoms with E-state index in [1.54, 1.807) is 48.5 Å². The van der Waals surface area contributed by atoms with Gasteiger partial charge in [-0.3, -0.25) is 9.59 Å². The van der Waals surface area contributed by atoms with Crippen molar-refractivity contribution in [1.29, 1.82) is 0 Å². The molecule has 0 spiro atoms. The Labute approximate surface area is 436 Å². The smallest absolute Gasteiger partial charge is 0.246 e. The molecule has 0 saturated heterocycles. The Hall–Kier alpha value is -3.48. The van der Waals surface area contributed by atoms with Gasteiger partial charge in [-0.2, -0.15) is 0 Å². The van der Waals surface area contributed by atoms with E-state index in [1.165, 1.54) is 0 Å². The molecule has 390 valence electrons. The molecule has 1 heterocycles. The fourth-order valence-electron chi connectivity index (χ4n) is 7.67. The van der Waals surface area contributed by atoms with Gasteiger partial charge in [0.25, 0.3) is 0 Å². The number of halogens is 4. The summed E-state index contributed by atoms with van der Waals surface area (Å²) in [6.45, 7) is 5.53. The zero-order chi connectivity index (χ0) is 51.4. The number of rotatable bonds is 31. The minimum absolute atomic E-state index is 0.00781. The average Bonchev–Trinajstić information content (AvgIpc) is 3.33. The lowest BCUT2D eigenvalue weighted by Gasteiger charge is -2.33. The summed E-state index contributed by atoms with van der Waals surface area (Å²) in [7, 11) is -3.67. The highest BCUT2D eigenvalue weighted by Gasteiger charge is 2.28. The van der Waals surface area contributed by atoms with E-state index in [0.717, 1.165) is 39.9 Å². The van der Waals surface area contributed by atoms with E-state index in [-0.39, 0.29) is 114 Å². The molecule has 23 heteroatoms. The van der Waals surface area contributed by atoms with Crippen LogP contribution in [0.4, 0.5) is 0 Å². The van der Waals surface area contributed by atoms with Gasteiger partial charge in [-0.05, 0) is 96.0 Å². The van der Waals surface area contributed by atoms with Crippen molar-refractivity contribution in [3.63, 3.8) is 0 Å². The van der Waals surface area contributed by atoms with Gasteiger partial charge in [0.2, 0.25) is 31.9 Å². The summed E-state index contributed by atoms with van der Waals surface area (Å²) < 4.78 is 83.6. The third-order valence-electron chi connectivity index (χ3n) is 11.2. The number of ether oxygens (including phenoxy) is 5. The number of carbonyl (C=O) groups is 2. The van der Waals surface area contributed by atoms with Crippen LogP contribution in [0.15, 0.2) is 82.6 Å². The summed E-state index contributed by atoms with van der Waals surface area (Å²) >= 11 is 25.5. The lowest BCUT2D eigenvalue weighted by atomic mass is 9.85. The summed E-state index contributed by atoms with van der Waals surface area (Å²) in [5.74, 6) is -0.929. The van der Waals surface area contributed by atoms with Gasteiger partial charge in [-0.25, -0.2) is 26.3 Å². The number of nitrogens with one attached hydrogen (secondary N) is 5. The van der Waals surface area contributed by atoms with Crippen LogP contribution in [0.5, 0.6) is 0 Å². The molecule has 2 amide bonds. The Morgan fingerprint density at radius 2 is 1.13 bits per heavy atom. The predicted octanol–water partition coefficient (Wildman–Crippen LogP) is 5.32. The normalized spacial score (nSPS) is 14.5. The molecule has 71 heavy (non-hydrogen) atoms. The molecule has 0 aliphatic carbocycles. The second kappa shape index (κ2) is 29.4. The first-order chi connectivity index (χ1) is 34.0. The van der Waals surface area contributed by atoms with Crippen molar-refractivity contribution in [2.45, 2.75) is 41.6 Å². The minimum atomic E-state index is -3.76. The highest BCUT2D eigenvalue weighted by Crippen LogP contribution is 2.39. The molecule has 0 radical (unpaired) electrons. The lowest BCUT2D eigenvalue weighted by molar-refractivity contribution is -0.131. The van der Waals surface area contributed by atoms with Crippen LogP contribution in [0, 0.1) is 0 Å². The third-order valence-corrected chi connectivity index (χ3v) is 15.3. The lowest BCUT2D eigenvalue weighted by Crippen LogP contribution is -2.34. The highest BCUT2D eigenvalue weighted by molar-refractivity contribution is 7.89. The van der Waals surface area contributed by atoms with Crippen LogP contribution in [-0.4, -0.2) is 146 Å². The van der Waals surface area contributed by atoms with Crippen molar-refractivity contribution in [2.24, 2.45) is 0 Å². The largest absolute Gasteiger partial charge is 0.378 e. The first-order valence-electron chi connectivity index (χ1n) is 22.9. The number of sulfonamides is 2. The Morgan fingerprint density at radius 1 is 0.648 bits per heavy atom. The third kappa shape index (κ3) is 18.8. The molecule has 0 unspecified atom stereocenters. The SMILES string of the molecule is CNCc1c(Cl)cc(Cl)cc1[C@@H](C)c1ccc(S(=O)(=O)NCCOCCOCCNC(=O)COCC(=O)NCCOCCOCCNS(=O)(=O)c2ccc([C@@H]3CN(C)Cc4c(Cl)cc(Cl)cc43)cc2)cc1. The highest BCUT2D eigenvalue weighted by atomic mass is 35.5. The number of amides is 2. The summed E-state index contributed by atoms with van der Waals surface area (Å²) in [5, 5.41) is 10.6. The maximum Gasteiger partial charge on any atom is 0.246 e. The monoisotopic (exact) mass is 1100 g/mol. The molecule has 4 aromatic carbocycles. The zero-order valence-electron chi connectivity index (χ0n) is 39.9. The van der Waals surface area contributed by atoms with Gasteiger partial charge in [-0.15, -0.1) is 0 Å². The van der Waals surface area contributed by atoms with Gasteiger partial charge in [0, 0.05) is 77.7 Å². The molecule has 2 atom stereocenters. The number of likely N-dealkylation sites (N-methyl/N-ethyl adjacent to an activating group) is 1. The van der Waals surface area contributed by atoms with Crippen LogP contribution in [0.2, 0.25) is 20.1 Å². The standard InChI is InChI=1S/C48H62Cl4N6O11S2/c1-33(40-24-36(49)26-45(51)42(40)28-53-2)34-4-8-38(9-5-34)70(61,62)56-14-18-67-22-20-65-16-12-54-47(59)31-69-32-48(60)55-13-17-66-21-23-68-19-15-57-71(63,64)39-10-6-35(7-11-39)43-29-58(3)30-44-41(43)25-37(50)27-46(44)52/h4-11,24-27,33,43,53,56-57H,12-23,28-32H2,1-3H3,(H,54,59)(H,55,60)/t33-,43-/m0/s1. The van der Waals surface area contributed by atoms with Gasteiger partial charge in [0.15, 0.2) is 0 Å². The number of nitrogens with zero attached hydrogens (tertiary/aromatic N) is 1. The maximum atomic E-state index is 12.9. The number of fused-ring (bicyclic) bond motifs is 1. The fraction of sp³-hybridized carbons (Fsp3) is 0.458. The van der Waals surface area contributed by atoms with Crippen LogP contribution in [0.3, 0.4) is 0 Å². The Balaban J connectivity index is 0.814. The van der Waals surface area contributed by atoms with E-state index >= 15 is 0 Å². The number of benzene rings is 4. The van der Waals surface area contributed by atoms with E-state index in [9.17, 15) is 26.4 Å². The number of carbonyl (C=O) groups excluding carboxylic acids is 2. The van der Waals surface area contributed by atoms with Crippen LogP contribution >= 0.6 is 46.4 Å². The maximum absolute atomic E-state index is 12.9. The predicted molar refractivity (Wildman–Crippen MR) is 275 cm³/mol. The van der Waals surface area contributed by atoms with E-state index < -0.39 is 31.9 Å². The molecule has 17 nitrogen and oxygen atoms in total. The average molecular weight is 1110 g/mol. The van der Waals surface area contributed by atoms with E-state index in [0.29, 0.717) is 33.2 Å². The van der Waals surface area contributed by atoms with Crippen molar-refractivity contribution in [3.05, 3.63) is 126 Å². The molecule has 0 saturated carbocycles. The van der Waals surface area contributed by atoms with E-state index in [2.05, 4.69) is 30.3 Å². The van der Waals surface area contributed by atoms with Crippen molar-refractivity contribution < 1.29 is 50.1 Å². The van der Waals surface area contributed by atoms with Crippen molar-refractivity contribution in [3.8, 4) is 0 Å². The van der Waals surface area contributed by atoms with Crippen molar-refractivity contribution in [1.82, 2.24) is 30.3 Å². The Morgan fingerprint density at radius 3 is 1.65 bits per heavy atom. The van der Waals surface area contributed by atoms with Gasteiger partial charge in [0.05, 0.1) is 62.6 Å². The van der Waals surface area contributed by atoms with Crippen LogP contribution in [0.1, 0.15) is 52.1 Å². The molecule has 5 N–H and O–H groups in total. The first-order valence-corrected chi connectivity index (χ1v) is 27.4. The quantitative estimate of drug-likeness (QED) is 0.0405. The fourth-order valence-corrected chi connectivity index (χ4v) is 10.8. The molecule has 5 rings (SSSR count). The minimum Gasteiger partial charge on any atom is -0.378 e. The number of hydrogen-bond acceptors (Lipinski definition) is 13. The molecular weight excluding hydrogens is 1040 g/mol. The summed E-state index contributed by atoms with van der Waals surface area (Å²) in [6.07, 6.45) is 0. The van der Waals surface area contributed by atoms with Crippen molar-refractivity contribution >= 4 is 78.3 Å². The Bertz CT molecular complexity index is 2580. The van der Waals surface area contributed by atoms with E-state index in [1.807, 2.05) is 45.3 Å². The second-order valence-corrected chi connectivity index (χ2v) is 21.7. The molecule has 0 fully saturated rings. The molecule has 4 aromatic rings. The van der Waals surface area contributed by atoms with Crippen molar-refractivity contribution in [2.75, 3.05) is 113 Å². The molecule has 0 aromatic heterocycles. The van der Waals surface area contributed by atoms with E-state index in [4.69, 9.17) is 70.1 Å². The van der Waals surface area contributed by atoms with Gasteiger partial charge < -0.3 is 44.5 Å². The Kier molecular flexibility index (Phi) is 24.2. The topological polar surface area (TPSA) is 212 Å². The van der Waals surface area contributed by atoms with Gasteiger partial charge in [-0.1, -0.05) is 77.6 Å². The number of hydrogen-bond donors (Lipinski definition) is 5. The zero-order valence-corrected chi connectivity index (χ0v) is 44.5. The molecular formula is C48H62Cl4N6O11S2. The molecule has 1 aliphatic rings.